The van der Waals surface area contributed by atoms with Gasteiger partial charge in [-0.2, -0.15) is 0 Å². The molecule has 1 fully saturated rings. The van der Waals surface area contributed by atoms with Gasteiger partial charge in [-0.15, -0.1) is 0 Å². The first-order chi connectivity index (χ1) is 6.58. The summed E-state index contributed by atoms with van der Waals surface area (Å²) in [6.07, 6.45) is 1.66. The van der Waals surface area contributed by atoms with E-state index in [2.05, 4.69) is 36.6 Å². The van der Waals surface area contributed by atoms with Gasteiger partial charge in [-0.25, -0.2) is 0 Å². The summed E-state index contributed by atoms with van der Waals surface area (Å²) in [4.78, 5) is 13.1. The highest BCUT2D eigenvalue weighted by atomic mass is 16.1. The molecule has 82 valence electrons. The zero-order chi connectivity index (χ0) is 10.6. The lowest BCUT2D eigenvalue weighted by Crippen LogP contribution is -2.43. The number of carbonyl (C=O) groups excluding carboxylic acids is 1. The van der Waals surface area contributed by atoms with Crippen molar-refractivity contribution in [2.75, 3.05) is 27.2 Å². The van der Waals surface area contributed by atoms with Crippen LogP contribution in [0.3, 0.4) is 0 Å². The molecule has 1 amide bonds. The van der Waals surface area contributed by atoms with Crippen LogP contribution in [0.15, 0.2) is 0 Å². The van der Waals surface area contributed by atoms with Crippen LogP contribution in [-0.2, 0) is 4.79 Å². The normalized spacial score (nSPS) is 24.0. The average molecular weight is 199 g/mol. The minimum Gasteiger partial charge on any atom is -0.352 e. The van der Waals surface area contributed by atoms with E-state index >= 15 is 0 Å². The number of hydrogen-bond acceptors (Lipinski definition) is 3. The largest absolute Gasteiger partial charge is 0.352 e. The molecule has 1 aliphatic rings. The monoisotopic (exact) mass is 199 g/mol. The number of rotatable bonds is 5. The Morgan fingerprint density at radius 3 is 2.86 bits per heavy atom. The highest BCUT2D eigenvalue weighted by Gasteiger charge is 2.20. The number of carbonyl (C=O) groups is 1. The van der Waals surface area contributed by atoms with Crippen LogP contribution >= 0.6 is 0 Å². The van der Waals surface area contributed by atoms with Gasteiger partial charge < -0.3 is 15.5 Å². The number of amides is 1. The molecule has 1 rings (SSSR count). The first-order valence-electron chi connectivity index (χ1n) is 5.25. The summed E-state index contributed by atoms with van der Waals surface area (Å²) in [5, 5.41) is 6.37. The molecule has 0 aromatic rings. The molecule has 0 spiro atoms. The third-order valence-corrected chi connectivity index (χ3v) is 2.44. The van der Waals surface area contributed by atoms with Crippen molar-refractivity contribution in [1.82, 2.24) is 15.5 Å². The molecule has 4 nitrogen and oxygen atoms in total. The summed E-state index contributed by atoms with van der Waals surface area (Å²) in [7, 11) is 4.13. The van der Waals surface area contributed by atoms with Gasteiger partial charge in [-0.3, -0.25) is 4.79 Å². The lowest BCUT2D eigenvalue weighted by Gasteiger charge is -2.20. The first kappa shape index (κ1) is 11.5. The first-order valence-corrected chi connectivity index (χ1v) is 5.25. The molecule has 2 unspecified atom stereocenters. The molecule has 0 aliphatic carbocycles. The third kappa shape index (κ3) is 4.07. The maximum absolute atomic E-state index is 10.9. The molecule has 0 radical (unpaired) electrons. The van der Waals surface area contributed by atoms with Crippen molar-refractivity contribution in [3.8, 4) is 0 Å². The van der Waals surface area contributed by atoms with Gasteiger partial charge in [0.1, 0.15) is 0 Å². The topological polar surface area (TPSA) is 44.4 Å². The van der Waals surface area contributed by atoms with Gasteiger partial charge in [-0.1, -0.05) is 0 Å². The van der Waals surface area contributed by atoms with Crippen molar-refractivity contribution in [3.63, 3.8) is 0 Å². The second kappa shape index (κ2) is 5.32. The van der Waals surface area contributed by atoms with Gasteiger partial charge in [0.15, 0.2) is 0 Å². The fourth-order valence-electron chi connectivity index (χ4n) is 1.79. The number of nitrogens with one attached hydrogen (secondary N) is 2. The van der Waals surface area contributed by atoms with E-state index in [1.807, 2.05) is 0 Å². The van der Waals surface area contributed by atoms with Crippen LogP contribution in [0.4, 0.5) is 0 Å². The van der Waals surface area contributed by atoms with Crippen molar-refractivity contribution < 1.29 is 4.79 Å². The Morgan fingerprint density at radius 1 is 1.64 bits per heavy atom. The average Bonchev–Trinajstić information content (AvgIpc) is 2.47. The van der Waals surface area contributed by atoms with Crippen molar-refractivity contribution in [1.29, 1.82) is 0 Å². The van der Waals surface area contributed by atoms with E-state index in [1.54, 1.807) is 0 Å². The molecule has 1 aliphatic heterocycles. The third-order valence-electron chi connectivity index (χ3n) is 2.44. The predicted molar refractivity (Wildman–Crippen MR) is 57.2 cm³/mol. The summed E-state index contributed by atoms with van der Waals surface area (Å²) in [5.74, 6) is 0.192. The smallest absolute Gasteiger partial charge is 0.220 e. The van der Waals surface area contributed by atoms with Crippen LogP contribution in [0.5, 0.6) is 0 Å². The van der Waals surface area contributed by atoms with Crippen LogP contribution in [-0.4, -0.2) is 50.1 Å². The summed E-state index contributed by atoms with van der Waals surface area (Å²) >= 11 is 0. The number of nitrogens with zero attached hydrogens (tertiary/aromatic N) is 1. The summed E-state index contributed by atoms with van der Waals surface area (Å²) in [6.45, 7) is 4.08. The molecule has 0 aromatic carbocycles. The second-order valence-electron chi connectivity index (χ2n) is 4.37. The van der Waals surface area contributed by atoms with Crippen LogP contribution in [0, 0.1) is 0 Å². The summed E-state index contributed by atoms with van der Waals surface area (Å²) in [5.41, 5.74) is 0. The van der Waals surface area contributed by atoms with E-state index in [-0.39, 0.29) is 5.91 Å². The zero-order valence-electron chi connectivity index (χ0n) is 9.34. The standard InChI is InChI=1S/C10H21N3O/c1-8(7-13(2)3)11-6-9-4-5-10(14)12-9/h8-9,11H,4-7H2,1-3H3,(H,12,14). The van der Waals surface area contributed by atoms with Gasteiger partial charge in [0, 0.05) is 31.6 Å². The molecule has 1 saturated heterocycles. The maximum atomic E-state index is 10.9. The van der Waals surface area contributed by atoms with Crippen molar-refractivity contribution in [2.24, 2.45) is 0 Å². The minimum absolute atomic E-state index is 0.192. The highest BCUT2D eigenvalue weighted by Crippen LogP contribution is 2.05. The molecule has 1 heterocycles. The van der Waals surface area contributed by atoms with Gasteiger partial charge >= 0.3 is 0 Å². The minimum atomic E-state index is 0.192. The molecule has 0 aromatic heterocycles. The van der Waals surface area contributed by atoms with Crippen LogP contribution in [0.25, 0.3) is 0 Å². The highest BCUT2D eigenvalue weighted by molar-refractivity contribution is 5.78. The molecule has 4 heteroatoms. The van der Waals surface area contributed by atoms with E-state index in [4.69, 9.17) is 0 Å². The molecule has 14 heavy (non-hydrogen) atoms. The van der Waals surface area contributed by atoms with Crippen LogP contribution < -0.4 is 10.6 Å². The molecular weight excluding hydrogens is 178 g/mol. The second-order valence-corrected chi connectivity index (χ2v) is 4.37. The Bertz CT molecular complexity index is 194. The zero-order valence-corrected chi connectivity index (χ0v) is 9.34. The van der Waals surface area contributed by atoms with Gasteiger partial charge in [0.25, 0.3) is 0 Å². The lowest BCUT2D eigenvalue weighted by atomic mass is 10.2. The Morgan fingerprint density at radius 2 is 2.36 bits per heavy atom. The van der Waals surface area contributed by atoms with Gasteiger partial charge in [0.05, 0.1) is 0 Å². The predicted octanol–water partition coefficient (Wildman–Crippen LogP) is -0.195. The molecule has 2 N–H and O–H groups in total. The van der Waals surface area contributed by atoms with Gasteiger partial charge in [-0.05, 0) is 27.4 Å². The molecular formula is C10H21N3O. The fraction of sp³-hybridized carbons (Fsp3) is 0.900. The fourth-order valence-corrected chi connectivity index (χ4v) is 1.79. The molecule has 2 atom stereocenters. The van der Waals surface area contributed by atoms with Crippen LogP contribution in [0.1, 0.15) is 19.8 Å². The Labute approximate surface area is 86.0 Å². The van der Waals surface area contributed by atoms with Crippen LogP contribution in [0.2, 0.25) is 0 Å². The van der Waals surface area contributed by atoms with E-state index in [9.17, 15) is 4.79 Å². The Hall–Kier alpha value is -0.610. The lowest BCUT2D eigenvalue weighted by molar-refractivity contribution is -0.119. The summed E-state index contributed by atoms with van der Waals surface area (Å²) < 4.78 is 0. The Balaban J connectivity index is 2.11. The molecule has 0 saturated carbocycles. The van der Waals surface area contributed by atoms with Crippen molar-refractivity contribution in [2.45, 2.75) is 31.8 Å². The van der Waals surface area contributed by atoms with Crippen molar-refractivity contribution >= 4 is 5.91 Å². The molecule has 0 bridgehead atoms. The van der Waals surface area contributed by atoms with E-state index in [0.717, 1.165) is 19.5 Å². The summed E-state index contributed by atoms with van der Waals surface area (Å²) in [6, 6.07) is 0.814. The van der Waals surface area contributed by atoms with E-state index in [1.165, 1.54) is 0 Å². The van der Waals surface area contributed by atoms with E-state index in [0.29, 0.717) is 18.5 Å². The number of hydrogen-bond donors (Lipinski definition) is 2. The maximum Gasteiger partial charge on any atom is 0.220 e. The Kier molecular flexibility index (Phi) is 4.35. The quantitative estimate of drug-likeness (QED) is 0.645. The van der Waals surface area contributed by atoms with Crippen molar-refractivity contribution in [3.05, 3.63) is 0 Å². The SMILES string of the molecule is CC(CN(C)C)NCC1CCC(=O)N1. The van der Waals surface area contributed by atoms with E-state index < -0.39 is 0 Å². The number of likely N-dealkylation sites (N-methyl/N-ethyl adjacent to an activating group) is 1. The van der Waals surface area contributed by atoms with Gasteiger partial charge in [0.2, 0.25) is 5.91 Å².